The van der Waals surface area contributed by atoms with Gasteiger partial charge >= 0.3 is 0 Å². The standard InChI is InChI=1S/C25H21N5OS2/c1-14(2)22-16(12-26)23(28)29-24(17(22)13-27)32-15(3)25(31)30-18-8-4-6-10-20(18)33-21-11-7-5-9-19(21)30/h4-11,14-15H,1-3H3,(H2,28,29). The van der Waals surface area contributed by atoms with Crippen molar-refractivity contribution in [1.82, 2.24) is 4.98 Å². The van der Waals surface area contributed by atoms with Crippen LogP contribution in [0.25, 0.3) is 0 Å². The predicted molar refractivity (Wildman–Crippen MR) is 132 cm³/mol. The Morgan fingerprint density at radius 1 is 1.00 bits per heavy atom. The zero-order chi connectivity index (χ0) is 23.7. The number of hydrogen-bond acceptors (Lipinski definition) is 7. The molecule has 0 radical (unpaired) electrons. The fourth-order valence-corrected chi connectivity index (χ4v) is 5.85. The summed E-state index contributed by atoms with van der Waals surface area (Å²) >= 11 is 2.82. The van der Waals surface area contributed by atoms with E-state index in [4.69, 9.17) is 5.73 Å². The molecule has 1 atom stereocenters. The van der Waals surface area contributed by atoms with E-state index in [9.17, 15) is 15.3 Å². The summed E-state index contributed by atoms with van der Waals surface area (Å²) in [5, 5.41) is 19.2. The number of nitrogens with zero attached hydrogens (tertiary/aromatic N) is 4. The minimum absolute atomic E-state index is 0.0763. The van der Waals surface area contributed by atoms with Crippen molar-refractivity contribution in [3.8, 4) is 12.1 Å². The molecule has 0 bridgehead atoms. The Labute approximate surface area is 201 Å². The molecule has 0 saturated heterocycles. The van der Waals surface area contributed by atoms with Crippen LogP contribution in [0.3, 0.4) is 0 Å². The molecule has 4 rings (SSSR count). The van der Waals surface area contributed by atoms with Gasteiger partial charge in [0.1, 0.15) is 23.0 Å². The normalized spacial score (nSPS) is 13.0. The molecule has 0 aliphatic carbocycles. The molecule has 164 valence electrons. The van der Waals surface area contributed by atoms with Crippen LogP contribution in [0.15, 0.2) is 63.3 Å². The van der Waals surface area contributed by atoms with Crippen molar-refractivity contribution in [3.63, 3.8) is 0 Å². The third-order valence-corrected chi connectivity index (χ3v) is 7.52. The zero-order valence-electron chi connectivity index (χ0n) is 18.4. The molecule has 1 aliphatic heterocycles. The highest BCUT2D eigenvalue weighted by Crippen LogP contribution is 2.48. The van der Waals surface area contributed by atoms with E-state index in [0.29, 0.717) is 16.2 Å². The summed E-state index contributed by atoms with van der Waals surface area (Å²) in [7, 11) is 0. The van der Waals surface area contributed by atoms with Crippen LogP contribution >= 0.6 is 23.5 Å². The SMILES string of the molecule is CC(Sc1nc(N)c(C#N)c(C(C)C)c1C#N)C(=O)N1c2ccccc2Sc2ccccc21. The summed E-state index contributed by atoms with van der Waals surface area (Å²) in [6.07, 6.45) is 0. The van der Waals surface area contributed by atoms with Crippen LogP contribution in [-0.4, -0.2) is 16.1 Å². The number of nitrogen functional groups attached to an aromatic ring is 1. The number of nitrogens with two attached hydrogens (primary N) is 1. The summed E-state index contributed by atoms with van der Waals surface area (Å²) in [5.74, 6) is -0.143. The molecule has 3 aromatic rings. The highest BCUT2D eigenvalue weighted by atomic mass is 32.2. The van der Waals surface area contributed by atoms with Gasteiger partial charge in [0.2, 0.25) is 5.91 Å². The quantitative estimate of drug-likeness (QED) is 0.476. The number of rotatable bonds is 4. The number of aromatic nitrogens is 1. The van der Waals surface area contributed by atoms with Crippen LogP contribution in [0.1, 0.15) is 43.4 Å². The van der Waals surface area contributed by atoms with Crippen molar-refractivity contribution in [2.45, 2.75) is 46.8 Å². The van der Waals surface area contributed by atoms with Crippen LogP contribution in [0, 0.1) is 22.7 Å². The summed E-state index contributed by atoms with van der Waals surface area (Å²) in [4.78, 5) is 21.8. The number of fused-ring (bicyclic) bond motifs is 2. The Morgan fingerprint density at radius 3 is 2.06 bits per heavy atom. The van der Waals surface area contributed by atoms with Crippen LogP contribution in [0.2, 0.25) is 0 Å². The highest BCUT2D eigenvalue weighted by molar-refractivity contribution is 8.00. The number of para-hydroxylation sites is 2. The summed E-state index contributed by atoms with van der Waals surface area (Å²) in [6.45, 7) is 5.60. The summed E-state index contributed by atoms with van der Waals surface area (Å²) < 4.78 is 0. The van der Waals surface area contributed by atoms with Gasteiger partial charge in [0, 0.05) is 9.79 Å². The molecule has 6 nitrogen and oxygen atoms in total. The molecular formula is C25H21N5OS2. The van der Waals surface area contributed by atoms with E-state index < -0.39 is 5.25 Å². The van der Waals surface area contributed by atoms with Crippen molar-refractivity contribution in [2.24, 2.45) is 0 Å². The first kappa shape index (κ1) is 22.7. The third kappa shape index (κ3) is 4.04. The van der Waals surface area contributed by atoms with Crippen molar-refractivity contribution in [3.05, 3.63) is 65.2 Å². The number of nitriles is 2. The maximum absolute atomic E-state index is 13.8. The second-order valence-corrected chi connectivity index (χ2v) is 10.2. The van der Waals surface area contributed by atoms with Crippen LogP contribution in [0.4, 0.5) is 17.2 Å². The summed E-state index contributed by atoms with van der Waals surface area (Å²) in [5.41, 5.74) is 8.81. The first-order valence-corrected chi connectivity index (χ1v) is 12.1. The van der Waals surface area contributed by atoms with Gasteiger partial charge in [-0.2, -0.15) is 10.5 Å². The van der Waals surface area contributed by atoms with Gasteiger partial charge < -0.3 is 5.73 Å². The molecule has 0 fully saturated rings. The van der Waals surface area contributed by atoms with E-state index in [1.54, 1.807) is 23.6 Å². The maximum atomic E-state index is 13.8. The van der Waals surface area contributed by atoms with Gasteiger partial charge in [-0.3, -0.25) is 9.69 Å². The van der Waals surface area contributed by atoms with Crippen LogP contribution in [-0.2, 0) is 4.79 Å². The molecule has 2 aromatic carbocycles. The first-order chi connectivity index (χ1) is 15.9. The summed E-state index contributed by atoms with van der Waals surface area (Å²) in [6, 6.07) is 19.9. The number of benzene rings is 2. The van der Waals surface area contributed by atoms with Gasteiger partial charge in [0.25, 0.3) is 0 Å². The molecule has 1 aromatic heterocycles. The molecule has 0 spiro atoms. The second-order valence-electron chi connectivity index (χ2n) is 7.82. The minimum atomic E-state index is -0.554. The molecule has 33 heavy (non-hydrogen) atoms. The molecular weight excluding hydrogens is 450 g/mol. The number of hydrogen-bond donors (Lipinski definition) is 1. The van der Waals surface area contributed by atoms with Crippen molar-refractivity contribution in [2.75, 3.05) is 10.6 Å². The largest absolute Gasteiger partial charge is 0.383 e. The Morgan fingerprint density at radius 2 is 1.55 bits per heavy atom. The molecule has 1 unspecified atom stereocenters. The van der Waals surface area contributed by atoms with Gasteiger partial charge in [0.05, 0.1) is 27.8 Å². The van der Waals surface area contributed by atoms with Crippen molar-refractivity contribution < 1.29 is 4.79 Å². The van der Waals surface area contributed by atoms with Crippen molar-refractivity contribution in [1.29, 1.82) is 10.5 Å². The maximum Gasteiger partial charge on any atom is 0.244 e. The van der Waals surface area contributed by atoms with E-state index in [1.807, 2.05) is 62.4 Å². The molecule has 0 saturated carbocycles. The third-order valence-electron chi connectivity index (χ3n) is 5.32. The van der Waals surface area contributed by atoms with E-state index in [2.05, 4.69) is 17.1 Å². The lowest BCUT2D eigenvalue weighted by Crippen LogP contribution is -2.34. The predicted octanol–water partition coefficient (Wildman–Crippen LogP) is 5.84. The van der Waals surface area contributed by atoms with E-state index in [-0.39, 0.29) is 23.2 Å². The van der Waals surface area contributed by atoms with Gasteiger partial charge in [-0.1, -0.05) is 61.6 Å². The molecule has 2 N–H and O–H groups in total. The number of amides is 1. The van der Waals surface area contributed by atoms with Gasteiger partial charge in [-0.05, 0) is 42.7 Å². The molecule has 2 heterocycles. The Hall–Kier alpha value is -3.46. The number of carbonyl (C=O) groups excluding carboxylic acids is 1. The average molecular weight is 472 g/mol. The Balaban J connectivity index is 1.75. The van der Waals surface area contributed by atoms with E-state index in [1.165, 1.54) is 11.8 Å². The van der Waals surface area contributed by atoms with Crippen molar-refractivity contribution >= 4 is 46.6 Å². The lowest BCUT2D eigenvalue weighted by Gasteiger charge is -2.32. The molecule has 1 amide bonds. The van der Waals surface area contributed by atoms with Gasteiger partial charge in [-0.25, -0.2) is 4.98 Å². The fourth-order valence-electron chi connectivity index (χ4n) is 3.83. The van der Waals surface area contributed by atoms with Crippen LogP contribution in [0.5, 0.6) is 0 Å². The highest BCUT2D eigenvalue weighted by Gasteiger charge is 2.32. The zero-order valence-corrected chi connectivity index (χ0v) is 20.0. The van der Waals surface area contributed by atoms with E-state index >= 15 is 0 Å². The average Bonchev–Trinajstić information content (AvgIpc) is 2.81. The molecule has 8 heteroatoms. The number of thioether (sulfide) groups is 1. The van der Waals surface area contributed by atoms with E-state index in [0.717, 1.165) is 21.2 Å². The number of carbonyl (C=O) groups is 1. The second kappa shape index (κ2) is 9.19. The van der Waals surface area contributed by atoms with Gasteiger partial charge in [0.15, 0.2) is 0 Å². The van der Waals surface area contributed by atoms with Gasteiger partial charge in [-0.15, -0.1) is 0 Å². The van der Waals surface area contributed by atoms with Crippen LogP contribution < -0.4 is 10.6 Å². The molecule has 1 aliphatic rings. The smallest absolute Gasteiger partial charge is 0.244 e. The number of anilines is 3. The first-order valence-electron chi connectivity index (χ1n) is 10.4. The Bertz CT molecular complexity index is 1290. The lowest BCUT2D eigenvalue weighted by molar-refractivity contribution is -0.117. The Kier molecular flexibility index (Phi) is 6.33. The fraction of sp³-hybridized carbons (Fsp3) is 0.200. The topological polar surface area (TPSA) is 107 Å². The monoisotopic (exact) mass is 471 g/mol. The minimum Gasteiger partial charge on any atom is -0.383 e. The number of pyridine rings is 1. The lowest BCUT2D eigenvalue weighted by atomic mass is 9.94.